The summed E-state index contributed by atoms with van der Waals surface area (Å²) in [6.07, 6.45) is 0. The first-order valence-electron chi connectivity index (χ1n) is 14.0. The number of hydrogen-bond donors (Lipinski definition) is 0. The van der Waals surface area contributed by atoms with E-state index in [1.165, 1.54) is 0 Å². The lowest BCUT2D eigenvalue weighted by Crippen LogP contribution is -2.41. The van der Waals surface area contributed by atoms with Gasteiger partial charge in [0.15, 0.2) is 5.58 Å². The molecular weight excluding hydrogens is 509 g/mol. The summed E-state index contributed by atoms with van der Waals surface area (Å²) in [6, 6.07) is 32.9. The fourth-order valence-corrected chi connectivity index (χ4v) is 5.89. The smallest absolute Gasteiger partial charge is 0.456 e. The molecule has 0 spiro atoms. The Labute approximate surface area is 237 Å². The van der Waals surface area contributed by atoms with Gasteiger partial charge in [0.2, 0.25) is 5.89 Å². The number of oxazole rings is 1. The molecule has 0 radical (unpaired) electrons. The third kappa shape index (κ3) is 3.68. The van der Waals surface area contributed by atoms with E-state index in [4.69, 9.17) is 23.1 Å². The van der Waals surface area contributed by atoms with Gasteiger partial charge in [-0.1, -0.05) is 66.7 Å². The van der Waals surface area contributed by atoms with Gasteiger partial charge in [0.05, 0.1) is 11.2 Å². The molecule has 41 heavy (non-hydrogen) atoms. The van der Waals surface area contributed by atoms with Crippen LogP contribution in [-0.2, 0) is 9.31 Å². The predicted molar refractivity (Wildman–Crippen MR) is 165 cm³/mol. The fraction of sp³-hybridized carbons (Fsp3) is 0.171. The first-order valence-corrected chi connectivity index (χ1v) is 14.0. The summed E-state index contributed by atoms with van der Waals surface area (Å²) in [5.74, 6) is 0.605. The summed E-state index contributed by atoms with van der Waals surface area (Å²) >= 11 is 0. The largest absolute Gasteiger partial charge is 0.495 e. The molecule has 1 saturated heterocycles. The van der Waals surface area contributed by atoms with Crippen LogP contribution in [0.2, 0.25) is 0 Å². The van der Waals surface area contributed by atoms with Crippen LogP contribution in [0.15, 0.2) is 106 Å². The van der Waals surface area contributed by atoms with Crippen molar-refractivity contribution in [3.63, 3.8) is 0 Å². The van der Waals surface area contributed by atoms with Crippen molar-refractivity contribution >= 4 is 56.4 Å². The Morgan fingerprint density at radius 3 is 2.02 bits per heavy atom. The summed E-state index contributed by atoms with van der Waals surface area (Å²) in [6.45, 7) is 8.32. The molecule has 200 valence electrons. The molecular formula is C35H28BNO4. The summed E-state index contributed by atoms with van der Waals surface area (Å²) in [7, 11) is -0.546. The van der Waals surface area contributed by atoms with Crippen LogP contribution in [0.1, 0.15) is 27.7 Å². The van der Waals surface area contributed by atoms with Gasteiger partial charge in [-0.2, -0.15) is 0 Å². The quantitative estimate of drug-likeness (QED) is 0.212. The Morgan fingerprint density at radius 2 is 1.27 bits per heavy atom. The second kappa shape index (κ2) is 8.56. The van der Waals surface area contributed by atoms with Crippen molar-refractivity contribution in [3.8, 4) is 22.6 Å². The van der Waals surface area contributed by atoms with Crippen LogP contribution in [-0.4, -0.2) is 23.3 Å². The number of fused-ring (bicyclic) bond motifs is 6. The minimum atomic E-state index is -0.546. The van der Waals surface area contributed by atoms with E-state index >= 15 is 0 Å². The standard InChI is InChI=1S/C35H28BNO4/c1-34(2)35(3,4)41-36(40-34)27-18-22(19-30-31(27)25-16-10-11-17-29(25)38-30)26-20-28-32(24-15-9-8-14-23(24)26)39-33(37-28)21-12-6-5-7-13-21/h5-20H,1-4H3. The number of rotatable bonds is 3. The van der Waals surface area contributed by atoms with Crippen LogP contribution in [0.3, 0.4) is 0 Å². The Balaban J connectivity index is 1.40. The lowest BCUT2D eigenvalue weighted by molar-refractivity contribution is 0.00578. The number of furan rings is 1. The van der Waals surface area contributed by atoms with E-state index in [1.807, 2.05) is 54.6 Å². The highest BCUT2D eigenvalue weighted by Crippen LogP contribution is 2.41. The third-order valence-electron chi connectivity index (χ3n) is 8.74. The molecule has 6 heteroatoms. The van der Waals surface area contributed by atoms with E-state index in [2.05, 4.69) is 70.2 Å². The minimum Gasteiger partial charge on any atom is -0.456 e. The summed E-state index contributed by atoms with van der Waals surface area (Å²) in [5, 5.41) is 4.15. The zero-order valence-corrected chi connectivity index (χ0v) is 23.4. The van der Waals surface area contributed by atoms with Crippen molar-refractivity contribution in [3.05, 3.63) is 97.1 Å². The monoisotopic (exact) mass is 537 g/mol. The molecule has 5 nitrogen and oxygen atoms in total. The van der Waals surface area contributed by atoms with Crippen molar-refractivity contribution in [1.29, 1.82) is 0 Å². The van der Waals surface area contributed by atoms with Crippen molar-refractivity contribution in [2.75, 3.05) is 0 Å². The zero-order chi connectivity index (χ0) is 27.9. The van der Waals surface area contributed by atoms with Crippen LogP contribution < -0.4 is 5.46 Å². The minimum absolute atomic E-state index is 0.473. The Kier molecular flexibility index (Phi) is 5.10. The SMILES string of the molecule is CC1(C)OB(c2cc(-c3cc4nc(-c5ccccc5)oc4c4ccccc34)cc3oc4ccccc4c23)OC1(C)C. The number of hydrogen-bond acceptors (Lipinski definition) is 5. The van der Waals surface area contributed by atoms with Gasteiger partial charge in [0.1, 0.15) is 16.7 Å². The summed E-state index contributed by atoms with van der Waals surface area (Å²) < 4.78 is 26.0. The Bertz CT molecular complexity index is 2110. The van der Waals surface area contributed by atoms with Crippen LogP contribution in [0, 0.1) is 0 Å². The second-order valence-electron chi connectivity index (χ2n) is 11.8. The molecule has 0 atom stereocenters. The summed E-state index contributed by atoms with van der Waals surface area (Å²) in [4.78, 5) is 4.91. The lowest BCUT2D eigenvalue weighted by atomic mass is 9.75. The molecule has 8 rings (SSSR count). The molecule has 2 aromatic heterocycles. The second-order valence-corrected chi connectivity index (χ2v) is 11.8. The fourth-order valence-electron chi connectivity index (χ4n) is 5.89. The normalized spacial score (nSPS) is 16.4. The number of benzene rings is 5. The maximum absolute atomic E-state index is 6.59. The topological polar surface area (TPSA) is 57.6 Å². The van der Waals surface area contributed by atoms with Gasteiger partial charge >= 0.3 is 7.12 Å². The van der Waals surface area contributed by atoms with Crippen molar-refractivity contribution < 1.29 is 18.1 Å². The van der Waals surface area contributed by atoms with Gasteiger partial charge in [-0.15, -0.1) is 0 Å². The zero-order valence-electron chi connectivity index (χ0n) is 23.4. The van der Waals surface area contributed by atoms with Crippen molar-refractivity contribution in [2.45, 2.75) is 38.9 Å². The average Bonchev–Trinajstić information content (AvgIpc) is 3.63. The first kappa shape index (κ1) is 24.4. The van der Waals surface area contributed by atoms with Crippen molar-refractivity contribution in [1.82, 2.24) is 4.98 Å². The summed E-state index contributed by atoms with van der Waals surface area (Å²) in [5.41, 5.74) is 6.21. The van der Waals surface area contributed by atoms with Crippen LogP contribution in [0.4, 0.5) is 0 Å². The van der Waals surface area contributed by atoms with Crippen LogP contribution in [0.25, 0.3) is 66.4 Å². The molecule has 0 N–H and O–H groups in total. The van der Waals surface area contributed by atoms with E-state index in [-0.39, 0.29) is 0 Å². The molecule has 3 heterocycles. The maximum atomic E-state index is 6.59. The number of para-hydroxylation sites is 1. The van der Waals surface area contributed by atoms with Crippen LogP contribution in [0.5, 0.6) is 0 Å². The maximum Gasteiger partial charge on any atom is 0.495 e. The highest BCUT2D eigenvalue weighted by molar-refractivity contribution is 6.66. The molecule has 5 aromatic carbocycles. The van der Waals surface area contributed by atoms with E-state index in [1.54, 1.807) is 0 Å². The first-order chi connectivity index (χ1) is 19.8. The van der Waals surface area contributed by atoms with Gasteiger partial charge in [-0.3, -0.25) is 0 Å². The average molecular weight is 537 g/mol. The Morgan fingerprint density at radius 1 is 0.610 bits per heavy atom. The van der Waals surface area contributed by atoms with Crippen LogP contribution >= 0.6 is 0 Å². The van der Waals surface area contributed by atoms with E-state index in [9.17, 15) is 0 Å². The molecule has 0 amide bonds. The highest BCUT2D eigenvalue weighted by Gasteiger charge is 2.52. The van der Waals surface area contributed by atoms with Gasteiger partial charge in [0.25, 0.3) is 0 Å². The molecule has 0 aliphatic carbocycles. The van der Waals surface area contributed by atoms with E-state index in [0.29, 0.717) is 5.89 Å². The molecule has 0 unspecified atom stereocenters. The van der Waals surface area contributed by atoms with Gasteiger partial charge < -0.3 is 18.1 Å². The van der Waals surface area contributed by atoms with Gasteiger partial charge in [-0.25, -0.2) is 4.98 Å². The predicted octanol–water partition coefficient (Wildman–Crippen LogP) is 8.51. The van der Waals surface area contributed by atoms with E-state index in [0.717, 1.165) is 66.0 Å². The molecule has 1 aliphatic rings. The Hall–Kier alpha value is -4.39. The van der Waals surface area contributed by atoms with Gasteiger partial charge in [0, 0.05) is 21.7 Å². The lowest BCUT2D eigenvalue weighted by Gasteiger charge is -2.32. The third-order valence-corrected chi connectivity index (χ3v) is 8.74. The van der Waals surface area contributed by atoms with E-state index < -0.39 is 18.3 Å². The highest BCUT2D eigenvalue weighted by atomic mass is 16.7. The molecule has 1 fully saturated rings. The number of aromatic nitrogens is 1. The molecule has 7 aromatic rings. The number of nitrogens with zero attached hydrogens (tertiary/aromatic N) is 1. The van der Waals surface area contributed by atoms with Gasteiger partial charge in [-0.05, 0) is 80.0 Å². The molecule has 0 saturated carbocycles. The molecule has 0 bridgehead atoms. The molecule has 1 aliphatic heterocycles. The van der Waals surface area contributed by atoms with Crippen molar-refractivity contribution in [2.24, 2.45) is 0 Å².